The molecule has 0 atom stereocenters. The average molecular weight is 434 g/mol. The third-order valence-electron chi connectivity index (χ3n) is 5.11. The van der Waals surface area contributed by atoms with Crippen molar-refractivity contribution in [2.24, 2.45) is 0 Å². The number of fused-ring (bicyclic) bond motifs is 1. The van der Waals surface area contributed by atoms with Crippen molar-refractivity contribution in [2.75, 3.05) is 13.7 Å². The minimum atomic E-state index is -0.452. The second-order valence-electron chi connectivity index (χ2n) is 7.14. The number of ether oxygens (including phenoxy) is 2. The van der Waals surface area contributed by atoms with Crippen molar-refractivity contribution in [1.29, 1.82) is 0 Å². The van der Waals surface area contributed by atoms with E-state index in [1.54, 1.807) is 31.4 Å². The third kappa shape index (κ3) is 4.07. The molecule has 1 aliphatic heterocycles. The van der Waals surface area contributed by atoms with Crippen molar-refractivity contribution in [3.63, 3.8) is 0 Å². The number of carbonyl (C=O) groups excluding carboxylic acids is 3. The Kier molecular flexibility index (Phi) is 5.93. The summed E-state index contributed by atoms with van der Waals surface area (Å²) in [5.74, 6) is 0.499. The molecule has 0 bridgehead atoms. The molecule has 8 nitrogen and oxygen atoms in total. The van der Waals surface area contributed by atoms with Crippen molar-refractivity contribution in [3.05, 3.63) is 82.8 Å². The molecular weight excluding hydrogens is 412 g/mol. The van der Waals surface area contributed by atoms with Gasteiger partial charge in [0.25, 0.3) is 17.7 Å². The van der Waals surface area contributed by atoms with Crippen LogP contribution < -0.4 is 14.8 Å². The number of carbonyl (C=O) groups is 3. The van der Waals surface area contributed by atoms with Gasteiger partial charge in [-0.25, -0.2) is 0 Å². The fourth-order valence-corrected chi connectivity index (χ4v) is 3.52. The van der Waals surface area contributed by atoms with Gasteiger partial charge in [0.1, 0.15) is 5.76 Å². The Labute approximate surface area is 184 Å². The first-order valence-corrected chi connectivity index (χ1v) is 10.1. The van der Waals surface area contributed by atoms with Gasteiger partial charge in [0.05, 0.1) is 37.7 Å². The van der Waals surface area contributed by atoms with Crippen molar-refractivity contribution in [2.45, 2.75) is 20.0 Å². The summed E-state index contributed by atoms with van der Waals surface area (Å²) in [4.78, 5) is 39.1. The summed E-state index contributed by atoms with van der Waals surface area (Å²) in [5.41, 5.74) is 1.60. The summed E-state index contributed by atoms with van der Waals surface area (Å²) in [5, 5.41) is 2.82. The number of benzene rings is 2. The molecule has 3 amide bonds. The fraction of sp³-hybridized carbons (Fsp3) is 0.208. The van der Waals surface area contributed by atoms with Crippen molar-refractivity contribution in [1.82, 2.24) is 10.2 Å². The first kappa shape index (κ1) is 21.2. The van der Waals surface area contributed by atoms with Gasteiger partial charge in [-0.3, -0.25) is 19.3 Å². The predicted molar refractivity (Wildman–Crippen MR) is 115 cm³/mol. The molecule has 1 aromatic heterocycles. The zero-order chi connectivity index (χ0) is 22.7. The summed E-state index contributed by atoms with van der Waals surface area (Å²) >= 11 is 0. The molecule has 0 fully saturated rings. The molecule has 0 aliphatic carbocycles. The topological polar surface area (TPSA) is 98.1 Å². The van der Waals surface area contributed by atoms with Gasteiger partial charge in [-0.05, 0) is 55.0 Å². The van der Waals surface area contributed by atoms with Gasteiger partial charge in [-0.2, -0.15) is 0 Å². The van der Waals surface area contributed by atoms with Gasteiger partial charge in [0.2, 0.25) is 0 Å². The van der Waals surface area contributed by atoms with Crippen LogP contribution in [-0.4, -0.2) is 36.3 Å². The first-order chi connectivity index (χ1) is 15.5. The molecule has 0 saturated heterocycles. The molecule has 2 heterocycles. The molecule has 1 N–H and O–H groups in total. The van der Waals surface area contributed by atoms with Crippen molar-refractivity contribution in [3.8, 4) is 11.5 Å². The van der Waals surface area contributed by atoms with Crippen LogP contribution in [0.2, 0.25) is 0 Å². The molecule has 0 spiro atoms. The zero-order valence-corrected chi connectivity index (χ0v) is 17.7. The molecule has 164 valence electrons. The second-order valence-corrected chi connectivity index (χ2v) is 7.14. The SMILES string of the molecule is CCOc1ccc(CNC(=O)c2ccc3c(c2)C(=O)N(Cc2ccco2)C3=O)cc1OC. The normalized spacial score (nSPS) is 12.6. The fourth-order valence-electron chi connectivity index (χ4n) is 3.52. The summed E-state index contributed by atoms with van der Waals surface area (Å²) in [6.45, 7) is 2.71. The summed E-state index contributed by atoms with van der Waals surface area (Å²) in [6, 6.07) is 13.3. The largest absolute Gasteiger partial charge is 0.493 e. The Balaban J connectivity index is 1.46. The molecule has 3 aromatic rings. The number of imide groups is 1. The lowest BCUT2D eigenvalue weighted by Gasteiger charge is -2.12. The zero-order valence-electron chi connectivity index (χ0n) is 17.7. The van der Waals surface area contributed by atoms with E-state index in [0.29, 0.717) is 29.4 Å². The molecular formula is C24H22N2O6. The maximum Gasteiger partial charge on any atom is 0.261 e. The van der Waals surface area contributed by atoms with E-state index in [0.717, 1.165) is 10.5 Å². The smallest absolute Gasteiger partial charge is 0.261 e. The molecule has 32 heavy (non-hydrogen) atoms. The summed E-state index contributed by atoms with van der Waals surface area (Å²) in [7, 11) is 1.55. The Hall–Kier alpha value is -4.07. The van der Waals surface area contributed by atoms with Crippen LogP contribution in [0, 0.1) is 0 Å². The van der Waals surface area contributed by atoms with Crippen LogP contribution in [0.5, 0.6) is 11.5 Å². The molecule has 0 radical (unpaired) electrons. The van der Waals surface area contributed by atoms with Crippen molar-refractivity contribution >= 4 is 17.7 Å². The number of hydrogen-bond acceptors (Lipinski definition) is 6. The summed E-state index contributed by atoms with van der Waals surface area (Å²) in [6.07, 6.45) is 1.48. The molecule has 4 rings (SSSR count). The van der Waals surface area contributed by atoms with E-state index in [9.17, 15) is 14.4 Å². The van der Waals surface area contributed by atoms with Crippen molar-refractivity contribution < 1.29 is 28.3 Å². The van der Waals surface area contributed by atoms with E-state index in [1.165, 1.54) is 24.5 Å². The van der Waals surface area contributed by atoms with Crippen LogP contribution in [0.1, 0.15) is 49.3 Å². The third-order valence-corrected chi connectivity index (χ3v) is 5.11. The van der Waals surface area contributed by atoms with Crippen LogP contribution in [0.3, 0.4) is 0 Å². The van der Waals surface area contributed by atoms with E-state index < -0.39 is 11.8 Å². The van der Waals surface area contributed by atoms with Gasteiger partial charge in [-0.15, -0.1) is 0 Å². The van der Waals surface area contributed by atoms with Gasteiger partial charge in [0, 0.05) is 12.1 Å². The highest BCUT2D eigenvalue weighted by Gasteiger charge is 2.36. The number of furan rings is 1. The second kappa shape index (κ2) is 8.97. The van der Waals surface area contributed by atoms with Crippen LogP contribution >= 0.6 is 0 Å². The lowest BCUT2D eigenvalue weighted by atomic mass is 10.1. The van der Waals surface area contributed by atoms with Crippen LogP contribution in [0.4, 0.5) is 0 Å². The van der Waals surface area contributed by atoms with Gasteiger partial charge >= 0.3 is 0 Å². The Morgan fingerprint density at radius 2 is 1.84 bits per heavy atom. The average Bonchev–Trinajstić information content (AvgIpc) is 3.41. The van der Waals surface area contributed by atoms with Crippen LogP contribution in [0.25, 0.3) is 0 Å². The van der Waals surface area contributed by atoms with E-state index in [-0.39, 0.29) is 30.1 Å². The van der Waals surface area contributed by atoms with E-state index in [2.05, 4.69) is 5.32 Å². The quantitative estimate of drug-likeness (QED) is 0.546. The molecule has 1 aliphatic rings. The lowest BCUT2D eigenvalue weighted by molar-refractivity contribution is 0.0631. The number of nitrogens with one attached hydrogen (secondary N) is 1. The maximum atomic E-state index is 12.7. The molecule has 0 saturated carbocycles. The number of hydrogen-bond donors (Lipinski definition) is 1. The van der Waals surface area contributed by atoms with Gasteiger partial charge in [0.15, 0.2) is 11.5 Å². The Morgan fingerprint density at radius 1 is 1.03 bits per heavy atom. The lowest BCUT2D eigenvalue weighted by Crippen LogP contribution is -2.28. The minimum absolute atomic E-state index is 0.0421. The Bertz CT molecular complexity index is 1170. The monoisotopic (exact) mass is 434 g/mol. The van der Waals surface area contributed by atoms with E-state index in [1.807, 2.05) is 13.0 Å². The minimum Gasteiger partial charge on any atom is -0.493 e. The van der Waals surface area contributed by atoms with Crippen LogP contribution in [-0.2, 0) is 13.1 Å². The highest BCUT2D eigenvalue weighted by Crippen LogP contribution is 2.28. The highest BCUT2D eigenvalue weighted by molar-refractivity contribution is 6.22. The molecule has 2 aromatic carbocycles. The number of amides is 3. The standard InChI is InChI=1S/C24H22N2O6/c1-3-31-20-9-6-15(11-21(20)30-2)13-25-22(27)16-7-8-18-19(12-16)24(29)26(23(18)28)14-17-5-4-10-32-17/h4-12H,3,13-14H2,1-2H3,(H,25,27). The number of methoxy groups -OCH3 is 1. The van der Waals surface area contributed by atoms with Crippen LogP contribution in [0.15, 0.2) is 59.2 Å². The first-order valence-electron chi connectivity index (χ1n) is 10.1. The maximum absolute atomic E-state index is 12.7. The Morgan fingerprint density at radius 3 is 2.56 bits per heavy atom. The van der Waals surface area contributed by atoms with E-state index >= 15 is 0 Å². The number of rotatable bonds is 8. The molecule has 8 heteroatoms. The van der Waals surface area contributed by atoms with Gasteiger partial charge < -0.3 is 19.2 Å². The highest BCUT2D eigenvalue weighted by atomic mass is 16.5. The summed E-state index contributed by atoms with van der Waals surface area (Å²) < 4.78 is 16.1. The number of nitrogens with zero attached hydrogens (tertiary/aromatic N) is 1. The molecule has 0 unspecified atom stereocenters. The van der Waals surface area contributed by atoms with E-state index in [4.69, 9.17) is 13.9 Å². The van der Waals surface area contributed by atoms with Gasteiger partial charge in [-0.1, -0.05) is 6.07 Å². The predicted octanol–water partition coefficient (Wildman–Crippen LogP) is 3.41.